The quantitative estimate of drug-likeness (QED) is 0.657. The normalized spacial score (nSPS) is 11.0. The maximum atomic E-state index is 6.35. The van der Waals surface area contributed by atoms with Crippen LogP contribution in [0.5, 0.6) is 0 Å². The summed E-state index contributed by atoms with van der Waals surface area (Å²) in [5.74, 6) is 1.45. The Kier molecular flexibility index (Phi) is 5.46. The predicted octanol–water partition coefficient (Wildman–Crippen LogP) is 4.63. The van der Waals surface area contributed by atoms with E-state index in [1.165, 1.54) is 11.1 Å². The van der Waals surface area contributed by atoms with Crippen molar-refractivity contribution in [1.82, 2.24) is 14.8 Å². The smallest absolute Gasteiger partial charge is 0.196 e. The van der Waals surface area contributed by atoms with Crippen molar-refractivity contribution in [2.75, 3.05) is 0 Å². The van der Waals surface area contributed by atoms with E-state index in [4.69, 9.17) is 28.9 Å². The van der Waals surface area contributed by atoms with Crippen molar-refractivity contribution in [3.63, 3.8) is 0 Å². The summed E-state index contributed by atoms with van der Waals surface area (Å²) in [6, 6.07) is 13.6. The minimum atomic E-state index is 0.275. The number of aromatic nitrogens is 3. The number of nitrogens with two attached hydrogens (primary N) is 1. The standard InChI is InChI=1S/C17H16Cl2N4S/c1-11-4-2-3-5-12(11)10-24-17-22-21-16(9-20)23(17)15-7-6-13(18)8-14(15)19/h2-8H,9-10,20H2,1H3. The topological polar surface area (TPSA) is 56.7 Å². The third-order valence-electron chi connectivity index (χ3n) is 3.65. The Hall–Kier alpha value is -1.53. The van der Waals surface area contributed by atoms with Crippen molar-refractivity contribution in [1.29, 1.82) is 0 Å². The Balaban J connectivity index is 1.95. The molecule has 0 saturated heterocycles. The molecule has 1 aromatic heterocycles. The van der Waals surface area contributed by atoms with Crippen LogP contribution in [0, 0.1) is 6.92 Å². The summed E-state index contributed by atoms with van der Waals surface area (Å²) >= 11 is 13.9. The molecule has 2 N–H and O–H groups in total. The van der Waals surface area contributed by atoms with E-state index in [0.29, 0.717) is 15.9 Å². The van der Waals surface area contributed by atoms with Crippen LogP contribution in [0.25, 0.3) is 5.69 Å². The Morgan fingerprint density at radius 1 is 1.12 bits per heavy atom. The summed E-state index contributed by atoms with van der Waals surface area (Å²) < 4.78 is 1.89. The van der Waals surface area contributed by atoms with Gasteiger partial charge >= 0.3 is 0 Å². The Bertz CT molecular complexity index is 864. The lowest BCUT2D eigenvalue weighted by Gasteiger charge is -2.12. The first-order valence-corrected chi connectivity index (χ1v) is 9.11. The molecular formula is C17H16Cl2N4S. The van der Waals surface area contributed by atoms with Crippen molar-refractivity contribution in [3.05, 3.63) is 69.5 Å². The maximum Gasteiger partial charge on any atom is 0.196 e. The fourth-order valence-electron chi connectivity index (χ4n) is 2.34. The first-order chi connectivity index (χ1) is 11.6. The highest BCUT2D eigenvalue weighted by Gasteiger charge is 2.16. The van der Waals surface area contributed by atoms with Crippen molar-refractivity contribution in [3.8, 4) is 5.69 Å². The summed E-state index contributed by atoms with van der Waals surface area (Å²) in [6.45, 7) is 2.37. The molecule has 2 aromatic carbocycles. The fourth-order valence-corrected chi connectivity index (χ4v) is 3.88. The molecule has 1 heterocycles. The lowest BCUT2D eigenvalue weighted by molar-refractivity contribution is 0.823. The SMILES string of the molecule is Cc1ccccc1CSc1nnc(CN)n1-c1ccc(Cl)cc1Cl. The monoisotopic (exact) mass is 378 g/mol. The van der Waals surface area contributed by atoms with Crippen molar-refractivity contribution >= 4 is 35.0 Å². The van der Waals surface area contributed by atoms with Crippen LogP contribution in [0.3, 0.4) is 0 Å². The van der Waals surface area contributed by atoms with Crippen LogP contribution in [0.1, 0.15) is 17.0 Å². The molecule has 0 saturated carbocycles. The van der Waals surface area contributed by atoms with Crippen molar-refractivity contribution in [2.24, 2.45) is 5.73 Å². The van der Waals surface area contributed by atoms with E-state index in [0.717, 1.165) is 16.6 Å². The minimum absolute atomic E-state index is 0.275. The number of benzene rings is 2. The van der Waals surface area contributed by atoms with Crippen molar-refractivity contribution < 1.29 is 0 Å². The first-order valence-electron chi connectivity index (χ1n) is 7.37. The van der Waals surface area contributed by atoms with E-state index in [1.54, 1.807) is 23.9 Å². The summed E-state index contributed by atoms with van der Waals surface area (Å²) in [5.41, 5.74) is 9.10. The number of aryl methyl sites for hydroxylation is 1. The molecule has 0 amide bonds. The van der Waals surface area contributed by atoms with E-state index in [9.17, 15) is 0 Å². The van der Waals surface area contributed by atoms with Gasteiger partial charge in [0.2, 0.25) is 0 Å². The van der Waals surface area contributed by atoms with Gasteiger partial charge in [0, 0.05) is 10.8 Å². The predicted molar refractivity (Wildman–Crippen MR) is 100 cm³/mol. The van der Waals surface area contributed by atoms with Crippen LogP contribution in [0.15, 0.2) is 47.6 Å². The van der Waals surface area contributed by atoms with Gasteiger partial charge in [-0.15, -0.1) is 10.2 Å². The number of hydrogen-bond donors (Lipinski definition) is 1. The molecule has 0 aliphatic heterocycles. The minimum Gasteiger partial charge on any atom is -0.324 e. The maximum absolute atomic E-state index is 6.35. The average Bonchev–Trinajstić information content (AvgIpc) is 2.97. The molecular weight excluding hydrogens is 363 g/mol. The third-order valence-corrected chi connectivity index (χ3v) is 5.17. The molecule has 0 aliphatic carbocycles. The lowest BCUT2D eigenvalue weighted by Crippen LogP contribution is -2.08. The van der Waals surface area contributed by atoms with Crippen LogP contribution in [0.4, 0.5) is 0 Å². The first kappa shape index (κ1) is 17.3. The van der Waals surface area contributed by atoms with Crippen molar-refractivity contribution in [2.45, 2.75) is 24.4 Å². The van der Waals surface area contributed by atoms with Crippen LogP contribution >= 0.6 is 35.0 Å². The van der Waals surface area contributed by atoms with Gasteiger partial charge in [-0.05, 0) is 36.2 Å². The number of halogens is 2. The number of nitrogens with zero attached hydrogens (tertiary/aromatic N) is 3. The molecule has 3 aromatic rings. The molecule has 24 heavy (non-hydrogen) atoms. The van der Waals surface area contributed by atoms with Crippen LogP contribution in [-0.2, 0) is 12.3 Å². The zero-order chi connectivity index (χ0) is 17.1. The highest BCUT2D eigenvalue weighted by molar-refractivity contribution is 7.98. The Morgan fingerprint density at radius 3 is 2.62 bits per heavy atom. The van der Waals surface area contributed by atoms with Crippen LogP contribution in [0.2, 0.25) is 10.0 Å². The van der Waals surface area contributed by atoms with E-state index < -0.39 is 0 Å². The third kappa shape index (κ3) is 3.59. The van der Waals surface area contributed by atoms with Crippen LogP contribution < -0.4 is 5.73 Å². The molecule has 0 fully saturated rings. The molecule has 0 aliphatic rings. The Morgan fingerprint density at radius 2 is 1.92 bits per heavy atom. The summed E-state index contributed by atoms with van der Waals surface area (Å²) in [5, 5.41) is 10.3. The zero-order valence-corrected chi connectivity index (χ0v) is 15.4. The lowest BCUT2D eigenvalue weighted by atomic mass is 10.1. The molecule has 0 radical (unpaired) electrons. The number of rotatable bonds is 5. The Labute approximate surface area is 155 Å². The second-order valence-electron chi connectivity index (χ2n) is 5.25. The van der Waals surface area contributed by atoms with Gasteiger partial charge in [0.15, 0.2) is 11.0 Å². The fraction of sp³-hybridized carbons (Fsp3) is 0.176. The van der Waals surface area contributed by atoms with Crippen LogP contribution in [-0.4, -0.2) is 14.8 Å². The molecule has 4 nitrogen and oxygen atoms in total. The van der Waals surface area contributed by atoms with Gasteiger partial charge in [-0.2, -0.15) is 0 Å². The number of hydrogen-bond acceptors (Lipinski definition) is 4. The summed E-state index contributed by atoms with van der Waals surface area (Å²) in [7, 11) is 0. The van der Waals surface area contributed by atoms with Gasteiger partial charge < -0.3 is 5.73 Å². The summed E-state index contributed by atoms with van der Waals surface area (Å²) in [4.78, 5) is 0. The van der Waals surface area contributed by atoms with E-state index >= 15 is 0 Å². The summed E-state index contributed by atoms with van der Waals surface area (Å²) in [6.07, 6.45) is 0. The van der Waals surface area contributed by atoms with Gasteiger partial charge in [-0.3, -0.25) is 4.57 Å². The highest BCUT2D eigenvalue weighted by Crippen LogP contribution is 2.31. The average molecular weight is 379 g/mol. The molecule has 0 bridgehead atoms. The number of thioether (sulfide) groups is 1. The molecule has 0 spiro atoms. The molecule has 0 unspecified atom stereocenters. The molecule has 0 atom stereocenters. The second kappa shape index (κ2) is 7.57. The van der Waals surface area contributed by atoms with Gasteiger partial charge in [0.05, 0.1) is 17.3 Å². The molecule has 7 heteroatoms. The van der Waals surface area contributed by atoms with Gasteiger partial charge in [0.25, 0.3) is 0 Å². The zero-order valence-electron chi connectivity index (χ0n) is 13.0. The van der Waals surface area contributed by atoms with E-state index in [2.05, 4.69) is 29.3 Å². The molecule has 124 valence electrons. The largest absolute Gasteiger partial charge is 0.324 e. The molecule has 3 rings (SSSR count). The highest BCUT2D eigenvalue weighted by atomic mass is 35.5. The van der Waals surface area contributed by atoms with Gasteiger partial charge in [0.1, 0.15) is 0 Å². The van der Waals surface area contributed by atoms with Gasteiger partial charge in [-0.25, -0.2) is 0 Å². The van der Waals surface area contributed by atoms with Gasteiger partial charge in [-0.1, -0.05) is 59.2 Å². The second-order valence-corrected chi connectivity index (χ2v) is 7.04. The van der Waals surface area contributed by atoms with E-state index in [-0.39, 0.29) is 6.54 Å². The van der Waals surface area contributed by atoms with E-state index in [1.807, 2.05) is 22.8 Å².